The van der Waals surface area contributed by atoms with Gasteiger partial charge in [0, 0.05) is 17.5 Å². The minimum absolute atomic E-state index is 0.223. The molecule has 0 bridgehead atoms. The van der Waals surface area contributed by atoms with Gasteiger partial charge in [-0.2, -0.15) is 0 Å². The van der Waals surface area contributed by atoms with E-state index < -0.39 is 18.0 Å². The summed E-state index contributed by atoms with van der Waals surface area (Å²) in [5, 5.41) is 14.6. The van der Waals surface area contributed by atoms with E-state index in [1.54, 1.807) is 6.20 Å². The highest BCUT2D eigenvalue weighted by molar-refractivity contribution is 7.15. The number of carbonyl (C=O) groups is 2. The molecule has 0 aliphatic rings. The van der Waals surface area contributed by atoms with Gasteiger partial charge in [0.15, 0.2) is 5.13 Å². The van der Waals surface area contributed by atoms with Crippen molar-refractivity contribution in [1.82, 2.24) is 10.3 Å². The number of hydrogen-bond acceptors (Lipinski definition) is 4. The lowest BCUT2D eigenvalue weighted by Crippen LogP contribution is -2.44. The van der Waals surface area contributed by atoms with E-state index in [1.165, 1.54) is 11.3 Å². The van der Waals surface area contributed by atoms with Crippen molar-refractivity contribution >= 4 is 28.5 Å². The molecule has 0 saturated carbocycles. The molecule has 21 heavy (non-hydrogen) atoms. The van der Waals surface area contributed by atoms with Gasteiger partial charge >= 0.3 is 12.0 Å². The summed E-state index contributed by atoms with van der Waals surface area (Å²) in [5.74, 6) is -1.08. The van der Waals surface area contributed by atoms with Crippen LogP contribution in [-0.4, -0.2) is 28.1 Å². The number of carboxylic acid groups (broad SMARTS) is 1. The van der Waals surface area contributed by atoms with E-state index in [0.717, 1.165) is 10.4 Å². The van der Waals surface area contributed by atoms with Crippen LogP contribution in [0.1, 0.15) is 10.4 Å². The molecule has 0 saturated heterocycles. The lowest BCUT2D eigenvalue weighted by Gasteiger charge is -2.14. The third-order valence-electron chi connectivity index (χ3n) is 2.73. The highest BCUT2D eigenvalue weighted by Crippen LogP contribution is 2.16. The van der Waals surface area contributed by atoms with E-state index in [1.807, 2.05) is 37.3 Å². The molecule has 110 valence electrons. The van der Waals surface area contributed by atoms with E-state index in [-0.39, 0.29) is 6.42 Å². The first kappa shape index (κ1) is 15.0. The smallest absolute Gasteiger partial charge is 0.326 e. The van der Waals surface area contributed by atoms with Crippen LogP contribution in [0.25, 0.3) is 0 Å². The Balaban J connectivity index is 1.96. The van der Waals surface area contributed by atoms with Crippen LogP contribution in [0.4, 0.5) is 9.93 Å². The maximum Gasteiger partial charge on any atom is 0.326 e. The molecular weight excluding hydrogens is 290 g/mol. The molecule has 1 aromatic heterocycles. The van der Waals surface area contributed by atoms with E-state index in [9.17, 15) is 14.7 Å². The summed E-state index contributed by atoms with van der Waals surface area (Å²) in [6, 6.07) is 7.57. The number of amides is 2. The van der Waals surface area contributed by atoms with Crippen LogP contribution in [0, 0.1) is 6.92 Å². The summed E-state index contributed by atoms with van der Waals surface area (Å²) in [7, 11) is 0. The lowest BCUT2D eigenvalue weighted by molar-refractivity contribution is -0.139. The zero-order valence-corrected chi connectivity index (χ0v) is 12.2. The van der Waals surface area contributed by atoms with Crippen LogP contribution >= 0.6 is 11.3 Å². The number of carbonyl (C=O) groups excluding carboxylic acids is 1. The molecule has 2 amide bonds. The van der Waals surface area contributed by atoms with Crippen LogP contribution in [0.3, 0.4) is 0 Å². The van der Waals surface area contributed by atoms with E-state index in [0.29, 0.717) is 5.13 Å². The van der Waals surface area contributed by atoms with E-state index in [2.05, 4.69) is 15.6 Å². The number of rotatable bonds is 5. The summed E-state index contributed by atoms with van der Waals surface area (Å²) in [5.41, 5.74) is 0.843. The summed E-state index contributed by atoms with van der Waals surface area (Å²) in [6.45, 7) is 1.87. The third kappa shape index (κ3) is 4.57. The number of thiazole rings is 1. The van der Waals surface area contributed by atoms with Gasteiger partial charge in [0.25, 0.3) is 0 Å². The molecule has 2 rings (SSSR count). The fourth-order valence-electron chi connectivity index (χ4n) is 1.75. The molecule has 0 aliphatic carbocycles. The fourth-order valence-corrected chi connectivity index (χ4v) is 2.41. The van der Waals surface area contributed by atoms with Crippen LogP contribution in [0.5, 0.6) is 0 Å². The molecule has 0 unspecified atom stereocenters. The number of urea groups is 1. The fraction of sp³-hybridized carbons (Fsp3) is 0.214. The van der Waals surface area contributed by atoms with E-state index in [4.69, 9.17) is 0 Å². The van der Waals surface area contributed by atoms with Gasteiger partial charge in [-0.15, -0.1) is 11.3 Å². The normalized spacial score (nSPS) is 11.7. The molecule has 6 nitrogen and oxygen atoms in total. The van der Waals surface area contributed by atoms with Gasteiger partial charge in [0.05, 0.1) is 0 Å². The first-order valence-corrected chi connectivity index (χ1v) is 7.13. The number of aromatic nitrogens is 1. The van der Waals surface area contributed by atoms with Gasteiger partial charge in [-0.05, 0) is 12.5 Å². The van der Waals surface area contributed by atoms with Crippen molar-refractivity contribution < 1.29 is 14.7 Å². The maximum atomic E-state index is 11.8. The van der Waals surface area contributed by atoms with Crippen LogP contribution in [0.2, 0.25) is 0 Å². The summed E-state index contributed by atoms with van der Waals surface area (Å²) >= 11 is 1.33. The zero-order chi connectivity index (χ0) is 15.2. The molecular formula is C14H15N3O3S. The summed E-state index contributed by atoms with van der Waals surface area (Å²) in [6.07, 6.45) is 1.86. The lowest BCUT2D eigenvalue weighted by atomic mass is 10.1. The van der Waals surface area contributed by atoms with Gasteiger partial charge in [0.1, 0.15) is 6.04 Å². The molecule has 0 aliphatic heterocycles. The standard InChI is InChI=1S/C14H15N3O3S/c1-9-8-15-14(21-9)17-13(20)16-11(12(18)19)7-10-5-3-2-4-6-10/h2-6,8,11H,7H2,1H3,(H,18,19)(H2,15,16,17,20)/t11-/m1/s1. The zero-order valence-electron chi connectivity index (χ0n) is 11.4. The number of nitrogens with one attached hydrogen (secondary N) is 2. The monoisotopic (exact) mass is 305 g/mol. The van der Waals surface area contributed by atoms with Gasteiger partial charge in [-0.25, -0.2) is 14.6 Å². The molecule has 1 atom stereocenters. The second-order valence-electron chi connectivity index (χ2n) is 4.46. The van der Waals surface area contributed by atoms with Gasteiger partial charge in [-0.3, -0.25) is 5.32 Å². The molecule has 7 heteroatoms. The van der Waals surface area contributed by atoms with Crippen LogP contribution in [-0.2, 0) is 11.2 Å². The van der Waals surface area contributed by atoms with Crippen LogP contribution < -0.4 is 10.6 Å². The number of benzene rings is 1. The predicted molar refractivity (Wildman–Crippen MR) is 80.6 cm³/mol. The minimum Gasteiger partial charge on any atom is -0.480 e. The second-order valence-corrected chi connectivity index (χ2v) is 5.69. The highest BCUT2D eigenvalue weighted by atomic mass is 32.1. The Morgan fingerprint density at radius 1 is 1.33 bits per heavy atom. The van der Waals surface area contributed by atoms with Crippen molar-refractivity contribution in [2.75, 3.05) is 5.32 Å². The Labute approximate surface area is 125 Å². The predicted octanol–water partition coefficient (Wildman–Crippen LogP) is 2.27. The number of hydrogen-bond donors (Lipinski definition) is 3. The Bertz CT molecular complexity index is 627. The van der Waals surface area contributed by atoms with Gasteiger partial charge < -0.3 is 10.4 Å². The molecule has 1 heterocycles. The first-order valence-electron chi connectivity index (χ1n) is 6.31. The minimum atomic E-state index is -1.08. The van der Waals surface area contributed by atoms with Crippen molar-refractivity contribution in [3.05, 3.63) is 47.0 Å². The molecule has 0 fully saturated rings. The van der Waals surface area contributed by atoms with Crippen molar-refractivity contribution in [2.45, 2.75) is 19.4 Å². The number of aliphatic carboxylic acids is 1. The van der Waals surface area contributed by atoms with Crippen molar-refractivity contribution in [1.29, 1.82) is 0 Å². The van der Waals surface area contributed by atoms with Gasteiger partial charge in [-0.1, -0.05) is 30.3 Å². The maximum absolute atomic E-state index is 11.8. The molecule has 0 radical (unpaired) electrons. The number of nitrogens with zero attached hydrogens (tertiary/aromatic N) is 1. The number of aryl methyl sites for hydroxylation is 1. The van der Waals surface area contributed by atoms with Crippen molar-refractivity contribution in [3.8, 4) is 0 Å². The van der Waals surface area contributed by atoms with Crippen LogP contribution in [0.15, 0.2) is 36.5 Å². The Morgan fingerprint density at radius 2 is 2.05 bits per heavy atom. The second kappa shape index (κ2) is 6.85. The molecule has 1 aromatic carbocycles. The van der Waals surface area contributed by atoms with Crippen molar-refractivity contribution in [3.63, 3.8) is 0 Å². The van der Waals surface area contributed by atoms with Crippen molar-refractivity contribution in [2.24, 2.45) is 0 Å². The average molecular weight is 305 g/mol. The number of anilines is 1. The SMILES string of the molecule is Cc1cnc(NC(=O)N[C@H](Cc2ccccc2)C(=O)O)s1. The summed E-state index contributed by atoms with van der Waals surface area (Å²) in [4.78, 5) is 28.0. The quantitative estimate of drug-likeness (QED) is 0.790. The summed E-state index contributed by atoms with van der Waals surface area (Å²) < 4.78 is 0. The Hall–Kier alpha value is -2.41. The van der Waals surface area contributed by atoms with E-state index >= 15 is 0 Å². The highest BCUT2D eigenvalue weighted by Gasteiger charge is 2.20. The van der Waals surface area contributed by atoms with Gasteiger partial charge in [0.2, 0.25) is 0 Å². The largest absolute Gasteiger partial charge is 0.480 e. The third-order valence-corrected chi connectivity index (χ3v) is 3.56. The first-order chi connectivity index (χ1) is 10.0. The average Bonchev–Trinajstić information content (AvgIpc) is 2.84. The Kier molecular flexibility index (Phi) is 4.89. The molecule has 0 spiro atoms. The molecule has 2 aromatic rings. The topological polar surface area (TPSA) is 91.3 Å². The number of carboxylic acids is 1. The molecule has 3 N–H and O–H groups in total. The Morgan fingerprint density at radius 3 is 2.62 bits per heavy atom.